The van der Waals surface area contributed by atoms with Crippen LogP contribution in [0.1, 0.15) is 18.7 Å². The van der Waals surface area contributed by atoms with Crippen LogP contribution in [0.2, 0.25) is 0 Å². The van der Waals surface area contributed by atoms with E-state index in [1.165, 1.54) is 12.8 Å². The van der Waals surface area contributed by atoms with Gasteiger partial charge in [-0.25, -0.2) is 4.98 Å². The molecular formula is C9H15N3O. The van der Waals surface area contributed by atoms with E-state index < -0.39 is 0 Å². The molecule has 0 saturated heterocycles. The van der Waals surface area contributed by atoms with E-state index in [0.717, 1.165) is 12.4 Å². The fourth-order valence-corrected chi connectivity index (χ4v) is 1.34. The third-order valence-corrected chi connectivity index (χ3v) is 2.27. The Balaban J connectivity index is 1.88. The number of rotatable bonds is 5. The van der Waals surface area contributed by atoms with Gasteiger partial charge in [0.05, 0.1) is 13.2 Å². The number of nitrogens with one attached hydrogen (secondary N) is 1. The van der Waals surface area contributed by atoms with Crippen LogP contribution < -0.4 is 5.32 Å². The van der Waals surface area contributed by atoms with E-state index in [2.05, 4.69) is 10.3 Å². The lowest BCUT2D eigenvalue weighted by atomic mass is 10.5. The average molecular weight is 181 g/mol. The highest BCUT2D eigenvalue weighted by atomic mass is 16.3. The second-order valence-corrected chi connectivity index (χ2v) is 3.42. The Morgan fingerprint density at radius 3 is 3.15 bits per heavy atom. The number of nitrogens with zero attached hydrogens (tertiary/aromatic N) is 2. The summed E-state index contributed by atoms with van der Waals surface area (Å²) in [5.41, 5.74) is 0. The molecule has 0 amide bonds. The molecule has 1 aromatic rings. The van der Waals surface area contributed by atoms with E-state index in [9.17, 15) is 0 Å². The van der Waals surface area contributed by atoms with Crippen molar-refractivity contribution in [2.75, 3.05) is 6.61 Å². The smallest absolute Gasteiger partial charge is 0.122 e. The predicted molar refractivity (Wildman–Crippen MR) is 49.2 cm³/mol. The van der Waals surface area contributed by atoms with Crippen LogP contribution in [0.15, 0.2) is 12.4 Å². The first-order valence-electron chi connectivity index (χ1n) is 4.74. The number of aliphatic hydroxyl groups excluding tert-OH is 1. The molecule has 4 nitrogen and oxygen atoms in total. The lowest BCUT2D eigenvalue weighted by Crippen LogP contribution is -2.19. The Hall–Kier alpha value is -0.870. The van der Waals surface area contributed by atoms with E-state index in [0.29, 0.717) is 12.6 Å². The van der Waals surface area contributed by atoms with Gasteiger partial charge in [0, 0.05) is 25.0 Å². The molecule has 72 valence electrons. The number of aliphatic hydroxyl groups is 1. The van der Waals surface area contributed by atoms with Crippen LogP contribution in [-0.2, 0) is 13.1 Å². The van der Waals surface area contributed by atoms with Gasteiger partial charge in [0.2, 0.25) is 0 Å². The summed E-state index contributed by atoms with van der Waals surface area (Å²) in [5, 5.41) is 12.2. The van der Waals surface area contributed by atoms with Crippen molar-refractivity contribution in [1.29, 1.82) is 0 Å². The molecule has 0 aromatic carbocycles. The summed E-state index contributed by atoms with van der Waals surface area (Å²) in [4.78, 5) is 4.22. The summed E-state index contributed by atoms with van der Waals surface area (Å²) >= 11 is 0. The first-order valence-corrected chi connectivity index (χ1v) is 4.74. The van der Waals surface area contributed by atoms with Crippen LogP contribution in [0.4, 0.5) is 0 Å². The van der Waals surface area contributed by atoms with E-state index in [4.69, 9.17) is 5.11 Å². The summed E-state index contributed by atoms with van der Waals surface area (Å²) < 4.78 is 1.98. The van der Waals surface area contributed by atoms with Crippen LogP contribution >= 0.6 is 0 Å². The second kappa shape index (κ2) is 3.89. The summed E-state index contributed by atoms with van der Waals surface area (Å²) in [6.07, 6.45) is 6.26. The molecule has 4 heteroatoms. The van der Waals surface area contributed by atoms with Crippen LogP contribution in [0.25, 0.3) is 0 Å². The van der Waals surface area contributed by atoms with Gasteiger partial charge in [-0.2, -0.15) is 0 Å². The molecule has 0 unspecified atom stereocenters. The Kier molecular flexibility index (Phi) is 2.61. The number of hydrogen-bond acceptors (Lipinski definition) is 3. The molecule has 0 bridgehead atoms. The van der Waals surface area contributed by atoms with E-state index in [1.54, 1.807) is 6.20 Å². The highest BCUT2D eigenvalue weighted by molar-refractivity contribution is 4.94. The first-order chi connectivity index (χ1) is 6.40. The summed E-state index contributed by atoms with van der Waals surface area (Å²) in [6, 6.07) is 0.708. The normalized spacial score (nSPS) is 16.4. The Morgan fingerprint density at radius 1 is 1.62 bits per heavy atom. The number of aromatic nitrogens is 2. The second-order valence-electron chi connectivity index (χ2n) is 3.42. The van der Waals surface area contributed by atoms with Crippen LogP contribution in [-0.4, -0.2) is 27.3 Å². The van der Waals surface area contributed by atoms with Crippen LogP contribution in [0, 0.1) is 0 Å². The van der Waals surface area contributed by atoms with Gasteiger partial charge >= 0.3 is 0 Å². The maximum Gasteiger partial charge on any atom is 0.122 e. The van der Waals surface area contributed by atoms with E-state index in [1.807, 2.05) is 10.8 Å². The fourth-order valence-electron chi connectivity index (χ4n) is 1.34. The van der Waals surface area contributed by atoms with Crippen molar-refractivity contribution in [3.05, 3.63) is 18.2 Å². The van der Waals surface area contributed by atoms with Gasteiger partial charge in [0.25, 0.3) is 0 Å². The minimum atomic E-state index is 0.173. The van der Waals surface area contributed by atoms with Gasteiger partial charge in [-0.3, -0.25) is 0 Å². The Labute approximate surface area is 77.6 Å². The molecule has 0 aliphatic heterocycles. The minimum absolute atomic E-state index is 0.173. The first kappa shape index (κ1) is 8.72. The molecule has 0 spiro atoms. The zero-order chi connectivity index (χ0) is 9.10. The Bertz CT molecular complexity index is 268. The van der Waals surface area contributed by atoms with Crippen LogP contribution in [0.5, 0.6) is 0 Å². The van der Waals surface area contributed by atoms with Gasteiger partial charge in [-0.1, -0.05) is 0 Å². The topological polar surface area (TPSA) is 50.1 Å². The van der Waals surface area contributed by atoms with Gasteiger partial charge in [0.15, 0.2) is 0 Å². The predicted octanol–water partition coefficient (Wildman–Crippen LogP) is 0.127. The molecule has 1 aliphatic carbocycles. The molecular weight excluding hydrogens is 166 g/mol. The van der Waals surface area contributed by atoms with E-state index >= 15 is 0 Å². The average Bonchev–Trinajstić information content (AvgIpc) is 2.86. The molecule has 1 saturated carbocycles. The van der Waals surface area contributed by atoms with Crippen molar-refractivity contribution < 1.29 is 5.11 Å². The molecule has 1 heterocycles. The van der Waals surface area contributed by atoms with Crippen LogP contribution in [0.3, 0.4) is 0 Å². The molecule has 0 radical (unpaired) electrons. The molecule has 0 atom stereocenters. The highest BCUT2D eigenvalue weighted by Crippen LogP contribution is 2.18. The van der Waals surface area contributed by atoms with Crippen molar-refractivity contribution >= 4 is 0 Å². The molecule has 2 rings (SSSR count). The molecule has 13 heavy (non-hydrogen) atoms. The maximum atomic E-state index is 8.78. The van der Waals surface area contributed by atoms with Gasteiger partial charge < -0.3 is 15.0 Å². The van der Waals surface area contributed by atoms with Crippen molar-refractivity contribution in [1.82, 2.24) is 14.9 Å². The monoisotopic (exact) mass is 181 g/mol. The largest absolute Gasteiger partial charge is 0.395 e. The summed E-state index contributed by atoms with van der Waals surface area (Å²) in [7, 11) is 0. The van der Waals surface area contributed by atoms with Crippen molar-refractivity contribution in [2.24, 2.45) is 0 Å². The van der Waals surface area contributed by atoms with Gasteiger partial charge in [0.1, 0.15) is 5.82 Å². The fraction of sp³-hybridized carbons (Fsp3) is 0.667. The lowest BCUT2D eigenvalue weighted by molar-refractivity contribution is 0.273. The van der Waals surface area contributed by atoms with Crippen molar-refractivity contribution in [3.63, 3.8) is 0 Å². The van der Waals surface area contributed by atoms with E-state index in [-0.39, 0.29) is 6.61 Å². The SMILES string of the molecule is OCCn1ccnc1CNC1CC1. The molecule has 1 aromatic heterocycles. The Morgan fingerprint density at radius 2 is 2.46 bits per heavy atom. The van der Waals surface area contributed by atoms with Gasteiger partial charge in [-0.05, 0) is 12.8 Å². The molecule has 2 N–H and O–H groups in total. The number of imidazole rings is 1. The van der Waals surface area contributed by atoms with Gasteiger partial charge in [-0.15, -0.1) is 0 Å². The minimum Gasteiger partial charge on any atom is -0.395 e. The summed E-state index contributed by atoms with van der Waals surface area (Å²) in [6.45, 7) is 1.63. The third kappa shape index (κ3) is 2.29. The lowest BCUT2D eigenvalue weighted by Gasteiger charge is -2.06. The maximum absolute atomic E-state index is 8.78. The third-order valence-electron chi connectivity index (χ3n) is 2.27. The zero-order valence-electron chi connectivity index (χ0n) is 7.61. The van der Waals surface area contributed by atoms with Crippen molar-refractivity contribution in [3.8, 4) is 0 Å². The highest BCUT2D eigenvalue weighted by Gasteiger charge is 2.20. The molecule has 1 aliphatic rings. The summed E-state index contributed by atoms with van der Waals surface area (Å²) in [5.74, 6) is 1.01. The standard InChI is InChI=1S/C9H15N3O/c13-6-5-12-4-3-10-9(12)7-11-8-1-2-8/h3-4,8,11,13H,1-2,5-7H2. The number of hydrogen-bond donors (Lipinski definition) is 2. The quantitative estimate of drug-likeness (QED) is 0.678. The zero-order valence-corrected chi connectivity index (χ0v) is 7.61. The molecule has 1 fully saturated rings. The van der Waals surface area contributed by atoms with Crippen molar-refractivity contribution in [2.45, 2.75) is 32.0 Å².